The highest BCUT2D eigenvalue weighted by atomic mass is 19.4. The van der Waals surface area contributed by atoms with Crippen LogP contribution in [0.5, 0.6) is 0 Å². The smallest absolute Gasteiger partial charge is 0.416 e. The van der Waals surface area contributed by atoms with Crippen molar-refractivity contribution in [2.75, 3.05) is 5.32 Å². The summed E-state index contributed by atoms with van der Waals surface area (Å²) in [6.07, 6.45) is -4.70. The molecular weight excluding hydrogens is 329 g/mol. The number of rotatable bonds is 5. The summed E-state index contributed by atoms with van der Waals surface area (Å²) >= 11 is 0. The van der Waals surface area contributed by atoms with Crippen LogP contribution in [0, 0.1) is 10.1 Å². The molecule has 0 unspecified atom stereocenters. The Hall–Kier alpha value is -3.10. The van der Waals surface area contributed by atoms with Crippen LogP contribution < -0.4 is 5.32 Å². The van der Waals surface area contributed by atoms with Crippen molar-refractivity contribution >= 4 is 17.3 Å². The summed E-state index contributed by atoms with van der Waals surface area (Å²) in [6, 6.07) is 8.08. The maximum absolute atomic E-state index is 12.6. The number of nitro benzene ring substituents is 1. The lowest BCUT2D eigenvalue weighted by atomic mass is 10.1. The summed E-state index contributed by atoms with van der Waals surface area (Å²) in [5, 5.41) is 22.7. The number of hydrogen-bond donors (Lipinski definition) is 2. The number of anilines is 1. The number of aromatic carboxylic acids is 1. The molecule has 126 valence electrons. The van der Waals surface area contributed by atoms with Crippen molar-refractivity contribution < 1.29 is 28.0 Å². The Bertz CT molecular complexity index is 791. The molecule has 0 aliphatic heterocycles. The van der Waals surface area contributed by atoms with E-state index in [1.165, 1.54) is 18.2 Å². The van der Waals surface area contributed by atoms with Gasteiger partial charge < -0.3 is 10.4 Å². The first-order chi connectivity index (χ1) is 11.2. The molecule has 0 bridgehead atoms. The van der Waals surface area contributed by atoms with Crippen LogP contribution in [0.2, 0.25) is 0 Å². The van der Waals surface area contributed by atoms with Crippen LogP contribution in [-0.2, 0) is 12.7 Å². The monoisotopic (exact) mass is 340 g/mol. The van der Waals surface area contributed by atoms with Gasteiger partial charge in [-0.25, -0.2) is 4.79 Å². The predicted molar refractivity (Wildman–Crippen MR) is 78.8 cm³/mol. The molecule has 2 aromatic carbocycles. The Kier molecular flexibility index (Phi) is 4.72. The van der Waals surface area contributed by atoms with Gasteiger partial charge in [-0.05, 0) is 23.8 Å². The van der Waals surface area contributed by atoms with Crippen LogP contribution in [0.25, 0.3) is 0 Å². The number of carboxylic acids is 1. The Morgan fingerprint density at radius 1 is 1.21 bits per heavy atom. The minimum atomic E-state index is -4.70. The molecule has 24 heavy (non-hydrogen) atoms. The molecule has 0 aliphatic carbocycles. The van der Waals surface area contributed by atoms with Crippen molar-refractivity contribution in [2.24, 2.45) is 0 Å². The number of nitro groups is 1. The second kappa shape index (κ2) is 6.57. The van der Waals surface area contributed by atoms with Gasteiger partial charge in [-0.1, -0.05) is 18.2 Å². The first-order valence-corrected chi connectivity index (χ1v) is 6.61. The molecule has 0 heterocycles. The lowest BCUT2D eigenvalue weighted by molar-refractivity contribution is -0.384. The minimum Gasteiger partial charge on any atom is -0.478 e. The van der Waals surface area contributed by atoms with E-state index in [1.54, 1.807) is 6.07 Å². The zero-order valence-corrected chi connectivity index (χ0v) is 12.0. The average molecular weight is 340 g/mol. The standard InChI is InChI=1S/C15H11F3N2O4/c16-15(17,18)10-5-6-12(13(7-10)20(23)24)19-8-9-3-1-2-4-11(9)14(21)22/h1-7,19H,8H2,(H,21,22). The quantitative estimate of drug-likeness (QED) is 0.636. The number of nitrogens with zero attached hydrogens (tertiary/aromatic N) is 1. The molecule has 2 rings (SSSR count). The van der Waals surface area contributed by atoms with Crippen LogP contribution in [0.1, 0.15) is 21.5 Å². The fraction of sp³-hybridized carbons (Fsp3) is 0.133. The van der Waals surface area contributed by atoms with Gasteiger partial charge in [0.1, 0.15) is 5.69 Å². The second-order valence-electron chi connectivity index (χ2n) is 4.80. The van der Waals surface area contributed by atoms with Gasteiger partial charge >= 0.3 is 12.1 Å². The number of hydrogen-bond acceptors (Lipinski definition) is 4. The van der Waals surface area contributed by atoms with Crippen molar-refractivity contribution in [2.45, 2.75) is 12.7 Å². The zero-order valence-electron chi connectivity index (χ0n) is 12.0. The lowest BCUT2D eigenvalue weighted by Gasteiger charge is -2.11. The van der Waals surface area contributed by atoms with Crippen LogP contribution in [0.4, 0.5) is 24.5 Å². The van der Waals surface area contributed by atoms with Crippen LogP contribution in [0.3, 0.4) is 0 Å². The molecule has 2 aromatic rings. The van der Waals surface area contributed by atoms with Gasteiger partial charge in [0.2, 0.25) is 0 Å². The molecule has 6 nitrogen and oxygen atoms in total. The molecule has 0 fully saturated rings. The van der Waals surface area contributed by atoms with Crippen molar-refractivity contribution in [1.29, 1.82) is 0 Å². The molecule has 0 radical (unpaired) electrons. The highest BCUT2D eigenvalue weighted by Crippen LogP contribution is 2.35. The number of benzene rings is 2. The third kappa shape index (κ3) is 3.80. The molecule has 0 atom stereocenters. The summed E-state index contributed by atoms with van der Waals surface area (Å²) in [4.78, 5) is 21.2. The Morgan fingerprint density at radius 3 is 2.46 bits per heavy atom. The van der Waals surface area contributed by atoms with Crippen LogP contribution in [-0.4, -0.2) is 16.0 Å². The SMILES string of the molecule is O=C(O)c1ccccc1CNc1ccc(C(F)(F)F)cc1[N+](=O)[O-]. The maximum atomic E-state index is 12.6. The van der Waals surface area contributed by atoms with Crippen molar-refractivity contribution in [3.8, 4) is 0 Å². The lowest BCUT2D eigenvalue weighted by Crippen LogP contribution is -2.10. The molecule has 0 amide bonds. The van der Waals surface area contributed by atoms with E-state index in [9.17, 15) is 28.1 Å². The van der Waals surface area contributed by atoms with E-state index in [0.717, 1.165) is 12.1 Å². The molecule has 0 saturated carbocycles. The molecule has 0 saturated heterocycles. The summed E-state index contributed by atoms with van der Waals surface area (Å²) in [5.41, 5.74) is -1.66. The fourth-order valence-corrected chi connectivity index (χ4v) is 2.08. The average Bonchev–Trinajstić information content (AvgIpc) is 2.51. The molecule has 9 heteroatoms. The maximum Gasteiger partial charge on any atom is 0.416 e. The van der Waals surface area contributed by atoms with E-state index in [-0.39, 0.29) is 17.8 Å². The van der Waals surface area contributed by atoms with E-state index in [0.29, 0.717) is 11.6 Å². The van der Waals surface area contributed by atoms with Gasteiger partial charge in [0.25, 0.3) is 5.69 Å². The van der Waals surface area contributed by atoms with E-state index >= 15 is 0 Å². The van der Waals surface area contributed by atoms with E-state index in [4.69, 9.17) is 5.11 Å². The van der Waals surface area contributed by atoms with Gasteiger partial charge in [0.05, 0.1) is 16.1 Å². The van der Waals surface area contributed by atoms with Gasteiger partial charge in [-0.15, -0.1) is 0 Å². The van der Waals surface area contributed by atoms with Crippen molar-refractivity contribution in [3.05, 3.63) is 69.3 Å². The zero-order chi connectivity index (χ0) is 17.9. The third-order valence-corrected chi connectivity index (χ3v) is 3.24. The van der Waals surface area contributed by atoms with Gasteiger partial charge in [0.15, 0.2) is 0 Å². The van der Waals surface area contributed by atoms with E-state index in [1.807, 2.05) is 0 Å². The second-order valence-corrected chi connectivity index (χ2v) is 4.80. The van der Waals surface area contributed by atoms with Crippen LogP contribution in [0.15, 0.2) is 42.5 Å². The highest BCUT2D eigenvalue weighted by Gasteiger charge is 2.33. The predicted octanol–water partition coefficient (Wildman–Crippen LogP) is 3.92. The van der Waals surface area contributed by atoms with E-state index in [2.05, 4.69) is 5.32 Å². The normalized spacial score (nSPS) is 11.1. The number of carboxylic acid groups (broad SMARTS) is 1. The van der Waals surface area contributed by atoms with E-state index < -0.39 is 28.3 Å². The fourth-order valence-electron chi connectivity index (χ4n) is 2.08. The highest BCUT2D eigenvalue weighted by molar-refractivity contribution is 5.89. The van der Waals surface area contributed by atoms with Gasteiger partial charge in [-0.3, -0.25) is 10.1 Å². The van der Waals surface area contributed by atoms with Crippen molar-refractivity contribution in [3.63, 3.8) is 0 Å². The summed E-state index contributed by atoms with van der Waals surface area (Å²) in [6.45, 7) is -0.0886. The third-order valence-electron chi connectivity index (χ3n) is 3.24. The molecule has 0 spiro atoms. The first kappa shape index (κ1) is 17.3. The Labute approximate surface area is 133 Å². The Balaban J connectivity index is 2.31. The number of nitrogens with one attached hydrogen (secondary N) is 1. The van der Waals surface area contributed by atoms with Crippen molar-refractivity contribution in [1.82, 2.24) is 0 Å². The number of carbonyl (C=O) groups is 1. The summed E-state index contributed by atoms with van der Waals surface area (Å²) < 4.78 is 37.9. The summed E-state index contributed by atoms with van der Waals surface area (Å²) in [5.74, 6) is -1.17. The Morgan fingerprint density at radius 2 is 1.88 bits per heavy atom. The largest absolute Gasteiger partial charge is 0.478 e. The van der Waals surface area contributed by atoms with Gasteiger partial charge in [0, 0.05) is 12.6 Å². The number of halogens is 3. The molecule has 2 N–H and O–H groups in total. The summed E-state index contributed by atoms with van der Waals surface area (Å²) in [7, 11) is 0. The topological polar surface area (TPSA) is 92.5 Å². The molecule has 0 aliphatic rings. The minimum absolute atomic E-state index is 0.000403. The molecular formula is C15H11F3N2O4. The van der Waals surface area contributed by atoms with Gasteiger partial charge in [-0.2, -0.15) is 13.2 Å². The first-order valence-electron chi connectivity index (χ1n) is 6.61. The van der Waals surface area contributed by atoms with Crippen LogP contribution >= 0.6 is 0 Å². The number of alkyl halides is 3. The molecule has 0 aromatic heterocycles.